The summed E-state index contributed by atoms with van der Waals surface area (Å²) in [7, 11) is 0. The number of ether oxygens (including phenoxy) is 1. The van der Waals surface area contributed by atoms with Gasteiger partial charge in [0.15, 0.2) is 0 Å². The molecule has 0 saturated carbocycles. The smallest absolute Gasteiger partial charge is 0.0682 e. The first-order chi connectivity index (χ1) is 11.9. The number of aromatic amines is 1. The van der Waals surface area contributed by atoms with Crippen molar-refractivity contribution in [3.63, 3.8) is 0 Å². The standard InChI is InChI=1S/C20H25N3O/c1-2-4-17-15(3-1)16-5-9-23-19(14-6-12-24-13-14)22-10-7-20(23,8-11-22)18(16)21-17/h1-4,14,19,21H,5-13H2/t14-,19-/m1/s1. The van der Waals surface area contributed by atoms with Gasteiger partial charge in [0.25, 0.3) is 0 Å². The van der Waals surface area contributed by atoms with Crippen molar-refractivity contribution < 1.29 is 4.74 Å². The van der Waals surface area contributed by atoms with E-state index in [0.29, 0.717) is 12.1 Å². The predicted molar refractivity (Wildman–Crippen MR) is 93.9 cm³/mol. The summed E-state index contributed by atoms with van der Waals surface area (Å²) in [5, 5.41) is 1.45. The Hall–Kier alpha value is -1.36. The second kappa shape index (κ2) is 4.84. The van der Waals surface area contributed by atoms with Crippen LogP contribution in [0.15, 0.2) is 24.3 Å². The number of hydrogen-bond donors (Lipinski definition) is 1. The fourth-order valence-corrected chi connectivity index (χ4v) is 6.07. The zero-order valence-corrected chi connectivity index (χ0v) is 14.1. The SMILES string of the molecule is c1ccc2c3c([nH]c2c1)C12CCN(CC1)[C@@H]([C@@H]1CCOC1)N2CC3. The fourth-order valence-electron chi connectivity index (χ4n) is 6.07. The third-order valence-corrected chi connectivity index (χ3v) is 7.14. The van der Waals surface area contributed by atoms with Crippen LogP contribution in [0.1, 0.15) is 30.5 Å². The van der Waals surface area contributed by atoms with Crippen LogP contribution in [0.5, 0.6) is 0 Å². The zero-order valence-electron chi connectivity index (χ0n) is 14.1. The molecular weight excluding hydrogens is 298 g/mol. The Bertz CT molecular complexity index is 781. The minimum atomic E-state index is 0.245. The maximum atomic E-state index is 5.75. The molecule has 2 aromatic rings. The molecule has 4 heteroatoms. The summed E-state index contributed by atoms with van der Waals surface area (Å²) in [6.07, 6.45) is 5.55. The van der Waals surface area contributed by atoms with Crippen LogP contribution in [0.2, 0.25) is 0 Å². The Labute approximate surface area is 142 Å². The van der Waals surface area contributed by atoms with Crippen LogP contribution < -0.4 is 0 Å². The monoisotopic (exact) mass is 323 g/mol. The van der Waals surface area contributed by atoms with Gasteiger partial charge in [0.1, 0.15) is 0 Å². The van der Waals surface area contributed by atoms with Crippen LogP contribution in [0.25, 0.3) is 10.9 Å². The molecular formula is C20H25N3O. The van der Waals surface area contributed by atoms with Crippen molar-refractivity contribution in [2.75, 3.05) is 32.8 Å². The van der Waals surface area contributed by atoms with Crippen molar-refractivity contribution >= 4 is 10.9 Å². The Morgan fingerprint density at radius 1 is 1.12 bits per heavy atom. The molecule has 0 radical (unpaired) electrons. The largest absolute Gasteiger partial charge is 0.381 e. The molecule has 6 heterocycles. The quantitative estimate of drug-likeness (QED) is 0.875. The van der Waals surface area contributed by atoms with Crippen LogP contribution in [-0.4, -0.2) is 53.8 Å². The van der Waals surface area contributed by atoms with Crippen molar-refractivity contribution in [1.82, 2.24) is 14.8 Å². The maximum Gasteiger partial charge on any atom is 0.0682 e. The highest BCUT2D eigenvalue weighted by Gasteiger charge is 2.56. The van der Waals surface area contributed by atoms with E-state index in [1.165, 1.54) is 56.2 Å². The van der Waals surface area contributed by atoms with Gasteiger partial charge in [0.05, 0.1) is 18.3 Å². The second-order valence-electron chi connectivity index (χ2n) is 8.07. The highest BCUT2D eigenvalue weighted by molar-refractivity contribution is 5.85. The normalized spacial score (nSPS) is 38.4. The lowest BCUT2D eigenvalue weighted by Crippen LogP contribution is -2.71. The minimum absolute atomic E-state index is 0.245. The predicted octanol–water partition coefficient (Wildman–Crippen LogP) is 2.69. The highest BCUT2D eigenvalue weighted by Crippen LogP contribution is 2.51. The number of nitrogens with one attached hydrogen (secondary N) is 1. The fraction of sp³-hybridized carbons (Fsp3) is 0.600. The Morgan fingerprint density at radius 2 is 2.00 bits per heavy atom. The van der Waals surface area contributed by atoms with Crippen LogP contribution in [0, 0.1) is 5.92 Å². The summed E-state index contributed by atoms with van der Waals surface area (Å²) in [5.41, 5.74) is 4.71. The average molecular weight is 323 g/mol. The first kappa shape index (κ1) is 13.9. The molecule has 1 aromatic carbocycles. The molecule has 24 heavy (non-hydrogen) atoms. The lowest BCUT2D eigenvalue weighted by Gasteiger charge is -2.63. The van der Waals surface area contributed by atoms with Crippen molar-refractivity contribution in [3.8, 4) is 0 Å². The molecule has 0 unspecified atom stereocenters. The van der Waals surface area contributed by atoms with Gasteiger partial charge in [0.2, 0.25) is 0 Å². The number of rotatable bonds is 1. The van der Waals surface area contributed by atoms with Gasteiger partial charge in [-0.1, -0.05) is 18.2 Å². The summed E-state index contributed by atoms with van der Waals surface area (Å²) in [6.45, 7) is 5.59. The van der Waals surface area contributed by atoms with Gasteiger partial charge in [-0.25, -0.2) is 0 Å². The van der Waals surface area contributed by atoms with E-state index in [2.05, 4.69) is 39.0 Å². The number of benzene rings is 1. The number of piperidine rings is 1. The van der Waals surface area contributed by atoms with Gasteiger partial charge in [-0.3, -0.25) is 9.80 Å². The molecule has 7 rings (SSSR count). The molecule has 126 valence electrons. The van der Waals surface area contributed by atoms with Crippen LogP contribution >= 0.6 is 0 Å². The molecule has 2 atom stereocenters. The molecule has 4 saturated heterocycles. The van der Waals surface area contributed by atoms with Gasteiger partial charge in [-0.15, -0.1) is 0 Å². The van der Waals surface area contributed by atoms with E-state index in [4.69, 9.17) is 4.74 Å². The van der Waals surface area contributed by atoms with E-state index in [-0.39, 0.29) is 5.54 Å². The number of fused-ring (bicyclic) bond motifs is 5. The molecule has 5 aliphatic heterocycles. The van der Waals surface area contributed by atoms with Crippen LogP contribution in [-0.2, 0) is 16.7 Å². The lowest BCUT2D eigenvalue weighted by molar-refractivity contribution is -0.165. The highest BCUT2D eigenvalue weighted by atomic mass is 16.5. The third kappa shape index (κ3) is 1.64. The molecule has 1 aromatic heterocycles. The van der Waals surface area contributed by atoms with Gasteiger partial charge in [0, 0.05) is 48.8 Å². The van der Waals surface area contributed by atoms with E-state index in [1.54, 1.807) is 11.3 Å². The van der Waals surface area contributed by atoms with Gasteiger partial charge >= 0.3 is 0 Å². The molecule has 0 amide bonds. The number of para-hydroxylation sites is 1. The summed E-state index contributed by atoms with van der Waals surface area (Å²) in [4.78, 5) is 9.45. The average Bonchev–Trinajstić information content (AvgIpc) is 3.29. The first-order valence-electron chi connectivity index (χ1n) is 9.55. The molecule has 1 N–H and O–H groups in total. The summed E-state index contributed by atoms with van der Waals surface area (Å²) < 4.78 is 5.75. The summed E-state index contributed by atoms with van der Waals surface area (Å²) in [5.74, 6) is 0.691. The third-order valence-electron chi connectivity index (χ3n) is 7.14. The van der Waals surface area contributed by atoms with Crippen molar-refractivity contribution in [2.45, 2.75) is 37.4 Å². The van der Waals surface area contributed by atoms with E-state index in [1.807, 2.05) is 0 Å². The zero-order chi connectivity index (χ0) is 15.7. The number of hydrogen-bond acceptors (Lipinski definition) is 3. The van der Waals surface area contributed by atoms with Crippen molar-refractivity contribution in [3.05, 3.63) is 35.5 Å². The Kier molecular flexibility index (Phi) is 2.80. The van der Waals surface area contributed by atoms with Gasteiger partial charge < -0.3 is 9.72 Å². The van der Waals surface area contributed by atoms with Gasteiger partial charge in [-0.05, 0) is 37.3 Å². The van der Waals surface area contributed by atoms with E-state index in [0.717, 1.165) is 13.2 Å². The summed E-state index contributed by atoms with van der Waals surface area (Å²) in [6, 6.07) is 8.89. The first-order valence-corrected chi connectivity index (χ1v) is 9.55. The maximum absolute atomic E-state index is 5.75. The van der Waals surface area contributed by atoms with Crippen molar-refractivity contribution in [1.29, 1.82) is 0 Å². The van der Waals surface area contributed by atoms with E-state index >= 15 is 0 Å². The molecule has 4 nitrogen and oxygen atoms in total. The molecule has 1 spiro atoms. The van der Waals surface area contributed by atoms with E-state index < -0.39 is 0 Å². The molecule has 0 aliphatic carbocycles. The van der Waals surface area contributed by atoms with Gasteiger partial charge in [-0.2, -0.15) is 0 Å². The Morgan fingerprint density at radius 3 is 2.83 bits per heavy atom. The van der Waals surface area contributed by atoms with Crippen molar-refractivity contribution in [2.24, 2.45) is 5.92 Å². The second-order valence-corrected chi connectivity index (χ2v) is 8.07. The lowest BCUT2D eigenvalue weighted by atomic mass is 9.73. The number of nitrogens with zero attached hydrogens (tertiary/aromatic N) is 2. The summed E-state index contributed by atoms with van der Waals surface area (Å²) >= 11 is 0. The van der Waals surface area contributed by atoms with Crippen LogP contribution in [0.4, 0.5) is 0 Å². The molecule has 2 bridgehead atoms. The van der Waals surface area contributed by atoms with Crippen LogP contribution in [0.3, 0.4) is 0 Å². The minimum Gasteiger partial charge on any atom is -0.381 e. The molecule has 4 fully saturated rings. The number of H-pyrrole nitrogens is 1. The topological polar surface area (TPSA) is 31.5 Å². The molecule has 5 aliphatic rings. The van der Waals surface area contributed by atoms with E-state index in [9.17, 15) is 0 Å². The Balaban J connectivity index is 1.51. The number of aromatic nitrogens is 1.